The molecule has 0 aromatic heterocycles. The molecule has 0 spiro atoms. The molecule has 7 heteroatoms. The van der Waals surface area contributed by atoms with Gasteiger partial charge >= 0.3 is 0 Å². The molecule has 1 heterocycles. The molecule has 1 aliphatic heterocycles. The lowest BCUT2D eigenvalue weighted by Crippen LogP contribution is -2.48. The van der Waals surface area contributed by atoms with Crippen LogP contribution in [0, 0.1) is 0 Å². The smallest absolute Gasteiger partial charge is 0.246 e. The summed E-state index contributed by atoms with van der Waals surface area (Å²) in [5, 5.41) is 0.435. The Labute approximate surface area is 176 Å². The van der Waals surface area contributed by atoms with Gasteiger partial charge in [-0.3, -0.25) is 4.79 Å². The molecule has 1 fully saturated rings. The van der Waals surface area contributed by atoms with Crippen molar-refractivity contribution >= 4 is 29.3 Å². The summed E-state index contributed by atoms with van der Waals surface area (Å²) in [6.45, 7) is 2.80. The summed E-state index contributed by atoms with van der Waals surface area (Å²) < 4.78 is 16.0. The van der Waals surface area contributed by atoms with Crippen LogP contribution >= 0.6 is 11.6 Å². The van der Waals surface area contributed by atoms with Crippen LogP contribution in [0.5, 0.6) is 17.2 Å². The van der Waals surface area contributed by atoms with Gasteiger partial charge in [-0.25, -0.2) is 0 Å². The molecule has 1 amide bonds. The molecular formula is C22H25ClN2O4. The molecule has 0 saturated carbocycles. The molecule has 0 N–H and O–H groups in total. The van der Waals surface area contributed by atoms with Crippen molar-refractivity contribution in [2.75, 3.05) is 52.4 Å². The van der Waals surface area contributed by atoms with Gasteiger partial charge < -0.3 is 24.0 Å². The number of benzene rings is 2. The maximum Gasteiger partial charge on any atom is 0.246 e. The number of amides is 1. The quantitative estimate of drug-likeness (QED) is 0.671. The van der Waals surface area contributed by atoms with Crippen molar-refractivity contribution in [3.05, 3.63) is 53.1 Å². The average molecular weight is 417 g/mol. The van der Waals surface area contributed by atoms with Crippen molar-refractivity contribution in [3.63, 3.8) is 0 Å². The van der Waals surface area contributed by atoms with Crippen molar-refractivity contribution in [1.29, 1.82) is 0 Å². The first-order valence-electron chi connectivity index (χ1n) is 9.34. The highest BCUT2D eigenvalue weighted by Gasteiger charge is 2.21. The van der Waals surface area contributed by atoms with Gasteiger partial charge in [-0.2, -0.15) is 0 Å². The number of halogens is 1. The van der Waals surface area contributed by atoms with Crippen molar-refractivity contribution in [2.24, 2.45) is 0 Å². The lowest BCUT2D eigenvalue weighted by molar-refractivity contribution is -0.126. The number of rotatable bonds is 6. The Balaban J connectivity index is 1.63. The first-order chi connectivity index (χ1) is 14.1. The fourth-order valence-corrected chi connectivity index (χ4v) is 3.66. The zero-order chi connectivity index (χ0) is 20.8. The third-order valence-corrected chi connectivity index (χ3v) is 5.17. The van der Waals surface area contributed by atoms with Crippen LogP contribution in [0.3, 0.4) is 0 Å². The lowest BCUT2D eigenvalue weighted by atomic mass is 10.1. The molecule has 3 rings (SSSR count). The fraction of sp³-hybridized carbons (Fsp3) is 0.318. The molecule has 1 aliphatic rings. The summed E-state index contributed by atoms with van der Waals surface area (Å²) in [5.74, 6) is 1.82. The Kier molecular flexibility index (Phi) is 6.88. The summed E-state index contributed by atoms with van der Waals surface area (Å²) in [7, 11) is 4.76. The maximum atomic E-state index is 12.6. The Morgan fingerprint density at radius 1 is 0.966 bits per heavy atom. The number of ether oxygens (including phenoxy) is 3. The average Bonchev–Trinajstić information content (AvgIpc) is 2.77. The Morgan fingerprint density at radius 3 is 2.31 bits per heavy atom. The van der Waals surface area contributed by atoms with Gasteiger partial charge in [-0.15, -0.1) is 0 Å². The standard InChI is InChI=1S/C22H25ClN2O4/c1-27-19-7-5-4-6-18(19)24-10-12-25(13-11-24)21(26)9-8-16-14-17(23)22(29-3)20(15-16)28-2/h4-9,14-15H,10-13H2,1-3H3/b9-8+. The Hall–Kier alpha value is -2.86. The molecule has 1 saturated heterocycles. The molecule has 0 aliphatic carbocycles. The minimum atomic E-state index is -0.0319. The highest BCUT2D eigenvalue weighted by atomic mass is 35.5. The minimum absolute atomic E-state index is 0.0319. The van der Waals surface area contributed by atoms with Crippen molar-refractivity contribution in [3.8, 4) is 17.2 Å². The number of piperazine rings is 1. The van der Waals surface area contributed by atoms with Crippen LogP contribution in [0.2, 0.25) is 5.02 Å². The van der Waals surface area contributed by atoms with Crippen molar-refractivity contribution in [2.45, 2.75) is 0 Å². The number of para-hydroxylation sites is 2. The van der Waals surface area contributed by atoms with Crippen molar-refractivity contribution < 1.29 is 19.0 Å². The van der Waals surface area contributed by atoms with E-state index in [-0.39, 0.29) is 5.91 Å². The van der Waals surface area contributed by atoms with Crippen LogP contribution in [-0.4, -0.2) is 58.3 Å². The van der Waals surface area contributed by atoms with Crippen molar-refractivity contribution in [1.82, 2.24) is 4.90 Å². The number of carbonyl (C=O) groups excluding carboxylic acids is 1. The molecule has 6 nitrogen and oxygen atoms in total. The number of anilines is 1. The number of hydrogen-bond donors (Lipinski definition) is 0. The van der Waals surface area contributed by atoms with E-state index in [0.29, 0.717) is 29.6 Å². The SMILES string of the molecule is COc1ccccc1N1CCN(C(=O)/C=C/c2cc(Cl)c(OC)c(OC)c2)CC1. The second-order valence-corrected chi connectivity index (χ2v) is 6.96. The number of nitrogens with zero attached hydrogens (tertiary/aromatic N) is 2. The molecule has 0 radical (unpaired) electrons. The summed E-state index contributed by atoms with van der Waals surface area (Å²) in [6.07, 6.45) is 3.30. The van der Waals surface area contributed by atoms with Crippen LogP contribution in [0.25, 0.3) is 6.08 Å². The highest BCUT2D eigenvalue weighted by molar-refractivity contribution is 6.32. The van der Waals surface area contributed by atoms with Crippen LogP contribution in [0.15, 0.2) is 42.5 Å². The molecule has 0 bridgehead atoms. The number of methoxy groups -OCH3 is 3. The Morgan fingerprint density at radius 2 is 1.66 bits per heavy atom. The molecule has 0 atom stereocenters. The minimum Gasteiger partial charge on any atom is -0.495 e. The molecular weight excluding hydrogens is 392 g/mol. The van der Waals surface area contributed by atoms with Gasteiger partial charge in [0, 0.05) is 32.3 Å². The van der Waals surface area contributed by atoms with Gasteiger partial charge in [-0.1, -0.05) is 23.7 Å². The monoisotopic (exact) mass is 416 g/mol. The summed E-state index contributed by atoms with van der Waals surface area (Å²) in [4.78, 5) is 16.7. The number of carbonyl (C=O) groups is 1. The van der Waals surface area contributed by atoms with Gasteiger partial charge in [0.05, 0.1) is 32.0 Å². The van der Waals surface area contributed by atoms with E-state index in [1.54, 1.807) is 38.5 Å². The first kappa shape index (κ1) is 20.9. The summed E-state index contributed by atoms with van der Waals surface area (Å²) >= 11 is 6.23. The largest absolute Gasteiger partial charge is 0.495 e. The third-order valence-electron chi connectivity index (χ3n) is 4.89. The fourth-order valence-electron chi connectivity index (χ4n) is 3.37. The number of hydrogen-bond acceptors (Lipinski definition) is 5. The van der Waals surface area contributed by atoms with E-state index < -0.39 is 0 Å². The summed E-state index contributed by atoms with van der Waals surface area (Å²) in [5.41, 5.74) is 1.83. The van der Waals surface area contributed by atoms with Gasteiger partial charge in [0.25, 0.3) is 0 Å². The van der Waals surface area contributed by atoms with E-state index in [1.807, 2.05) is 29.2 Å². The lowest BCUT2D eigenvalue weighted by Gasteiger charge is -2.36. The van der Waals surface area contributed by atoms with Crippen LogP contribution in [-0.2, 0) is 4.79 Å². The van der Waals surface area contributed by atoms with Gasteiger partial charge in [0.2, 0.25) is 5.91 Å². The second-order valence-electron chi connectivity index (χ2n) is 6.56. The van der Waals surface area contributed by atoms with Crippen LogP contribution in [0.1, 0.15) is 5.56 Å². The zero-order valence-electron chi connectivity index (χ0n) is 16.9. The van der Waals surface area contributed by atoms with E-state index >= 15 is 0 Å². The van der Waals surface area contributed by atoms with E-state index in [2.05, 4.69) is 4.90 Å². The molecule has 2 aromatic rings. The van der Waals surface area contributed by atoms with Crippen LogP contribution < -0.4 is 19.1 Å². The normalized spacial score (nSPS) is 14.2. The zero-order valence-corrected chi connectivity index (χ0v) is 17.6. The molecule has 0 unspecified atom stereocenters. The van der Waals surface area contributed by atoms with E-state index in [1.165, 1.54) is 7.11 Å². The second kappa shape index (κ2) is 9.56. The molecule has 154 valence electrons. The highest BCUT2D eigenvalue weighted by Crippen LogP contribution is 2.36. The van der Waals surface area contributed by atoms with E-state index in [0.717, 1.165) is 30.1 Å². The predicted octanol–water partition coefficient (Wildman–Crippen LogP) is 3.73. The third kappa shape index (κ3) is 4.77. The molecule has 2 aromatic carbocycles. The Bertz CT molecular complexity index is 892. The maximum absolute atomic E-state index is 12.6. The van der Waals surface area contributed by atoms with Gasteiger partial charge in [-0.05, 0) is 35.9 Å². The van der Waals surface area contributed by atoms with E-state index in [9.17, 15) is 4.79 Å². The topological polar surface area (TPSA) is 51.2 Å². The van der Waals surface area contributed by atoms with Gasteiger partial charge in [0.1, 0.15) is 5.75 Å². The van der Waals surface area contributed by atoms with E-state index in [4.69, 9.17) is 25.8 Å². The summed E-state index contributed by atoms with van der Waals surface area (Å²) in [6, 6.07) is 11.5. The predicted molar refractivity (Wildman–Crippen MR) is 115 cm³/mol. The van der Waals surface area contributed by atoms with Crippen LogP contribution in [0.4, 0.5) is 5.69 Å². The van der Waals surface area contributed by atoms with Gasteiger partial charge in [0.15, 0.2) is 11.5 Å². The first-order valence-corrected chi connectivity index (χ1v) is 9.71. The molecule has 29 heavy (non-hydrogen) atoms.